The summed E-state index contributed by atoms with van der Waals surface area (Å²) in [6, 6.07) is 5.48. The Labute approximate surface area is 118 Å². The van der Waals surface area contributed by atoms with Crippen LogP contribution >= 0.6 is 15.9 Å². The van der Waals surface area contributed by atoms with E-state index in [1.54, 1.807) is 0 Å². The first-order chi connectivity index (χ1) is 9.01. The average Bonchev–Trinajstić information content (AvgIpc) is 2.76. The molecule has 5 nitrogen and oxygen atoms in total. The van der Waals surface area contributed by atoms with Crippen LogP contribution in [0.3, 0.4) is 0 Å². The highest BCUT2D eigenvalue weighted by Crippen LogP contribution is 2.17. The van der Waals surface area contributed by atoms with Crippen LogP contribution in [0.25, 0.3) is 11.0 Å². The van der Waals surface area contributed by atoms with Gasteiger partial charge in [-0.05, 0) is 31.0 Å². The number of nitrogens with one attached hydrogen (secondary N) is 3. The van der Waals surface area contributed by atoms with Gasteiger partial charge in [-0.3, -0.25) is 4.79 Å². The fraction of sp³-hybridized carbons (Fsp3) is 0.385. The number of hydrogen-bond donors (Lipinski definition) is 3. The van der Waals surface area contributed by atoms with E-state index in [1.807, 2.05) is 32.0 Å². The van der Waals surface area contributed by atoms with Gasteiger partial charge in [0.25, 0.3) is 0 Å². The Kier molecular flexibility index (Phi) is 4.09. The zero-order valence-electron chi connectivity index (χ0n) is 10.8. The molecule has 2 aromatic rings. The summed E-state index contributed by atoms with van der Waals surface area (Å²) in [5.74, 6) is -0.0299. The fourth-order valence-electron chi connectivity index (χ4n) is 1.89. The number of benzene rings is 1. The second kappa shape index (κ2) is 5.61. The van der Waals surface area contributed by atoms with Gasteiger partial charge in [-0.2, -0.15) is 0 Å². The van der Waals surface area contributed by atoms with Crippen LogP contribution in [0, 0.1) is 0 Å². The SMILES string of the molecule is CCC(Br)C(=O)NC(C)c1ccc2[nH]c(=O)[nH]c2c1. The van der Waals surface area contributed by atoms with E-state index in [1.165, 1.54) is 0 Å². The van der Waals surface area contributed by atoms with E-state index in [2.05, 4.69) is 31.2 Å². The number of imidazole rings is 1. The molecular formula is C13H16BrN3O2. The van der Waals surface area contributed by atoms with Gasteiger partial charge in [-0.15, -0.1) is 0 Å². The van der Waals surface area contributed by atoms with Crippen molar-refractivity contribution >= 4 is 32.9 Å². The van der Waals surface area contributed by atoms with Gasteiger partial charge in [-0.25, -0.2) is 4.79 Å². The van der Waals surface area contributed by atoms with Crippen molar-refractivity contribution in [2.45, 2.75) is 31.1 Å². The molecule has 102 valence electrons. The minimum atomic E-state index is -0.227. The van der Waals surface area contributed by atoms with E-state index >= 15 is 0 Å². The standard InChI is InChI=1S/C13H16BrN3O2/c1-3-9(14)12(18)15-7(2)8-4-5-10-11(6-8)17-13(19)16-10/h4-7,9H,3H2,1-2H3,(H,15,18)(H2,16,17,19). The van der Waals surface area contributed by atoms with Gasteiger partial charge in [0, 0.05) is 0 Å². The monoisotopic (exact) mass is 325 g/mol. The summed E-state index contributed by atoms with van der Waals surface area (Å²) in [4.78, 5) is 28.2. The highest BCUT2D eigenvalue weighted by Gasteiger charge is 2.16. The fourth-order valence-corrected chi connectivity index (χ4v) is 2.02. The van der Waals surface area contributed by atoms with E-state index < -0.39 is 0 Å². The lowest BCUT2D eigenvalue weighted by molar-refractivity contribution is -0.121. The van der Waals surface area contributed by atoms with Crippen molar-refractivity contribution in [3.05, 3.63) is 34.2 Å². The molecule has 0 spiro atoms. The van der Waals surface area contributed by atoms with Crippen LogP contribution in [-0.2, 0) is 4.79 Å². The number of rotatable bonds is 4. The van der Waals surface area contributed by atoms with Gasteiger partial charge in [0.2, 0.25) is 5.91 Å². The lowest BCUT2D eigenvalue weighted by atomic mass is 10.1. The molecule has 0 fully saturated rings. The Bertz CT molecular complexity index is 647. The maximum atomic E-state index is 11.8. The van der Waals surface area contributed by atoms with Crippen molar-refractivity contribution in [1.29, 1.82) is 0 Å². The average molecular weight is 326 g/mol. The molecule has 6 heteroatoms. The van der Waals surface area contributed by atoms with Crippen molar-refractivity contribution in [3.63, 3.8) is 0 Å². The van der Waals surface area contributed by atoms with E-state index in [4.69, 9.17) is 0 Å². The molecule has 0 radical (unpaired) electrons. The summed E-state index contributed by atoms with van der Waals surface area (Å²) in [5.41, 5.74) is 2.23. The molecule has 0 aliphatic rings. The number of aromatic amines is 2. The third-order valence-corrected chi connectivity index (χ3v) is 4.11. The Morgan fingerprint density at radius 1 is 1.37 bits per heavy atom. The number of carbonyl (C=O) groups is 1. The van der Waals surface area contributed by atoms with Crippen LogP contribution in [0.15, 0.2) is 23.0 Å². The number of halogens is 1. The Balaban J connectivity index is 2.19. The quantitative estimate of drug-likeness (QED) is 0.753. The topological polar surface area (TPSA) is 77.8 Å². The number of carbonyl (C=O) groups excluding carboxylic acids is 1. The Hall–Kier alpha value is -1.56. The van der Waals surface area contributed by atoms with E-state index in [0.29, 0.717) is 0 Å². The predicted octanol–water partition coefficient (Wildman–Crippen LogP) is 2.21. The van der Waals surface area contributed by atoms with Gasteiger partial charge in [0.05, 0.1) is 21.9 Å². The summed E-state index contributed by atoms with van der Waals surface area (Å²) >= 11 is 3.32. The maximum Gasteiger partial charge on any atom is 0.323 e. The number of hydrogen-bond acceptors (Lipinski definition) is 2. The molecular weight excluding hydrogens is 310 g/mol. The van der Waals surface area contributed by atoms with Crippen molar-refractivity contribution in [2.24, 2.45) is 0 Å². The van der Waals surface area contributed by atoms with Gasteiger partial charge >= 0.3 is 5.69 Å². The Morgan fingerprint density at radius 2 is 2.05 bits per heavy atom. The first-order valence-electron chi connectivity index (χ1n) is 6.17. The van der Waals surface area contributed by atoms with Gasteiger partial charge in [-0.1, -0.05) is 28.9 Å². The molecule has 0 bridgehead atoms. The lowest BCUT2D eigenvalue weighted by Gasteiger charge is -2.16. The van der Waals surface area contributed by atoms with Gasteiger partial charge < -0.3 is 15.3 Å². The molecule has 1 amide bonds. The third-order valence-electron chi connectivity index (χ3n) is 3.04. The summed E-state index contributed by atoms with van der Waals surface area (Å²) < 4.78 is 0. The third kappa shape index (κ3) is 3.07. The normalized spacial score (nSPS) is 14.3. The van der Waals surface area contributed by atoms with Crippen LogP contribution in [0.4, 0.5) is 0 Å². The zero-order valence-corrected chi connectivity index (χ0v) is 12.4. The van der Waals surface area contributed by atoms with Crippen LogP contribution < -0.4 is 11.0 Å². The molecule has 2 rings (SSSR count). The number of fused-ring (bicyclic) bond motifs is 1. The molecule has 0 aliphatic carbocycles. The smallest absolute Gasteiger partial charge is 0.323 e. The molecule has 3 N–H and O–H groups in total. The zero-order chi connectivity index (χ0) is 14.0. The molecule has 19 heavy (non-hydrogen) atoms. The minimum absolute atomic E-state index is 0.0299. The molecule has 0 saturated heterocycles. The highest BCUT2D eigenvalue weighted by molar-refractivity contribution is 9.10. The van der Waals surface area contributed by atoms with E-state index in [-0.39, 0.29) is 22.5 Å². The second-order valence-corrected chi connectivity index (χ2v) is 5.60. The largest absolute Gasteiger partial charge is 0.349 e. The first-order valence-corrected chi connectivity index (χ1v) is 7.09. The molecule has 2 unspecified atom stereocenters. The van der Waals surface area contributed by atoms with Crippen LogP contribution in [0.2, 0.25) is 0 Å². The van der Waals surface area contributed by atoms with Gasteiger partial charge in [0.15, 0.2) is 0 Å². The van der Waals surface area contributed by atoms with E-state index in [9.17, 15) is 9.59 Å². The highest BCUT2D eigenvalue weighted by atomic mass is 79.9. The number of amides is 1. The minimum Gasteiger partial charge on any atom is -0.349 e. The first kappa shape index (κ1) is 13.9. The predicted molar refractivity (Wildman–Crippen MR) is 78.5 cm³/mol. The number of alkyl halides is 1. The number of aromatic nitrogens is 2. The Morgan fingerprint density at radius 3 is 2.74 bits per heavy atom. The molecule has 1 aromatic carbocycles. The number of H-pyrrole nitrogens is 2. The summed E-state index contributed by atoms with van der Waals surface area (Å²) in [7, 11) is 0. The summed E-state index contributed by atoms with van der Waals surface area (Å²) in [5, 5.41) is 2.93. The molecule has 1 heterocycles. The molecule has 1 aromatic heterocycles. The van der Waals surface area contributed by atoms with Crippen molar-refractivity contribution in [3.8, 4) is 0 Å². The van der Waals surface area contributed by atoms with Crippen LogP contribution in [0.1, 0.15) is 31.9 Å². The molecule has 0 saturated carbocycles. The summed E-state index contributed by atoms with van der Waals surface area (Å²) in [6.45, 7) is 3.86. The molecule has 0 aliphatic heterocycles. The van der Waals surface area contributed by atoms with Crippen molar-refractivity contribution in [2.75, 3.05) is 0 Å². The summed E-state index contributed by atoms with van der Waals surface area (Å²) in [6.07, 6.45) is 0.739. The van der Waals surface area contributed by atoms with Crippen molar-refractivity contribution in [1.82, 2.24) is 15.3 Å². The van der Waals surface area contributed by atoms with Crippen molar-refractivity contribution < 1.29 is 4.79 Å². The molecule has 2 atom stereocenters. The second-order valence-electron chi connectivity index (χ2n) is 4.49. The van der Waals surface area contributed by atoms with Crippen LogP contribution in [0.5, 0.6) is 0 Å². The van der Waals surface area contributed by atoms with E-state index in [0.717, 1.165) is 23.0 Å². The maximum absolute atomic E-state index is 11.8. The lowest BCUT2D eigenvalue weighted by Crippen LogP contribution is -2.32. The van der Waals surface area contributed by atoms with Crippen LogP contribution in [-0.4, -0.2) is 20.7 Å². The van der Waals surface area contributed by atoms with Gasteiger partial charge in [0.1, 0.15) is 0 Å².